The number of halogens is 1. The number of pyridine rings is 1. The second-order valence-corrected chi connectivity index (χ2v) is 6.72. The smallest absolute Gasteiger partial charge is 0.410 e. The Morgan fingerprint density at radius 2 is 1.92 bits per heavy atom. The number of hydrogen-bond donors (Lipinski definition) is 0. The molecule has 0 unspecified atom stereocenters. The van der Waals surface area contributed by atoms with E-state index in [4.69, 9.17) is 4.74 Å². The highest BCUT2D eigenvalue weighted by Gasteiger charge is 2.23. The fourth-order valence-corrected chi connectivity index (χ4v) is 3.22. The van der Waals surface area contributed by atoms with Crippen molar-refractivity contribution in [2.45, 2.75) is 13.5 Å². The molecule has 126 valence electrons. The van der Waals surface area contributed by atoms with Crippen molar-refractivity contribution in [3.8, 4) is 0 Å². The second-order valence-electron chi connectivity index (χ2n) is 5.81. The van der Waals surface area contributed by atoms with Crippen LogP contribution in [0.1, 0.15) is 11.1 Å². The van der Waals surface area contributed by atoms with Gasteiger partial charge in [0.05, 0.1) is 0 Å². The molecule has 0 spiro atoms. The summed E-state index contributed by atoms with van der Waals surface area (Å²) in [5.74, 6) is 0.982. The molecule has 0 bridgehead atoms. The van der Waals surface area contributed by atoms with Gasteiger partial charge < -0.3 is 14.5 Å². The first kappa shape index (κ1) is 16.8. The van der Waals surface area contributed by atoms with Crippen molar-refractivity contribution in [1.29, 1.82) is 0 Å². The van der Waals surface area contributed by atoms with Crippen LogP contribution < -0.4 is 4.90 Å². The van der Waals surface area contributed by atoms with Gasteiger partial charge in [0.2, 0.25) is 0 Å². The summed E-state index contributed by atoms with van der Waals surface area (Å²) in [6, 6.07) is 11.8. The Morgan fingerprint density at radius 3 is 2.58 bits per heavy atom. The minimum atomic E-state index is -0.251. The molecule has 1 fully saturated rings. The lowest BCUT2D eigenvalue weighted by Crippen LogP contribution is -2.49. The van der Waals surface area contributed by atoms with Gasteiger partial charge in [0.1, 0.15) is 12.4 Å². The van der Waals surface area contributed by atoms with Crippen molar-refractivity contribution >= 4 is 27.8 Å². The molecule has 1 aromatic carbocycles. The first-order valence-corrected chi connectivity index (χ1v) is 8.75. The molecule has 1 aliphatic heterocycles. The van der Waals surface area contributed by atoms with E-state index in [1.165, 1.54) is 0 Å². The fraction of sp³-hybridized carbons (Fsp3) is 0.333. The zero-order chi connectivity index (χ0) is 16.9. The fourth-order valence-electron chi connectivity index (χ4n) is 2.78. The van der Waals surface area contributed by atoms with E-state index in [9.17, 15) is 4.79 Å². The van der Waals surface area contributed by atoms with Gasteiger partial charge in [-0.25, -0.2) is 9.78 Å². The van der Waals surface area contributed by atoms with Gasteiger partial charge in [-0.3, -0.25) is 0 Å². The largest absolute Gasteiger partial charge is 0.445 e. The Morgan fingerprint density at radius 1 is 1.21 bits per heavy atom. The van der Waals surface area contributed by atoms with E-state index in [1.54, 1.807) is 4.90 Å². The van der Waals surface area contributed by atoms with Crippen molar-refractivity contribution in [2.24, 2.45) is 0 Å². The summed E-state index contributed by atoms with van der Waals surface area (Å²) in [5, 5.41) is 0. The zero-order valence-corrected chi connectivity index (χ0v) is 15.2. The van der Waals surface area contributed by atoms with Gasteiger partial charge in [-0.15, -0.1) is 0 Å². The van der Waals surface area contributed by atoms with Crippen LogP contribution in [0.3, 0.4) is 0 Å². The van der Waals surface area contributed by atoms with Gasteiger partial charge >= 0.3 is 6.09 Å². The van der Waals surface area contributed by atoms with Crippen LogP contribution in [0.25, 0.3) is 0 Å². The minimum absolute atomic E-state index is 0.251. The molecule has 5 nitrogen and oxygen atoms in total. The third kappa shape index (κ3) is 4.06. The van der Waals surface area contributed by atoms with Crippen LogP contribution in [-0.4, -0.2) is 42.2 Å². The quantitative estimate of drug-likeness (QED) is 0.804. The molecular formula is C18H20BrN3O2. The maximum Gasteiger partial charge on any atom is 0.410 e. The van der Waals surface area contributed by atoms with E-state index >= 15 is 0 Å². The van der Waals surface area contributed by atoms with E-state index in [0.717, 1.165) is 34.5 Å². The Bertz CT molecular complexity index is 701. The summed E-state index contributed by atoms with van der Waals surface area (Å²) >= 11 is 3.43. The number of rotatable bonds is 3. The van der Waals surface area contributed by atoms with E-state index in [0.29, 0.717) is 19.7 Å². The molecule has 0 atom stereocenters. The van der Waals surface area contributed by atoms with Gasteiger partial charge in [-0.05, 0) is 40.0 Å². The van der Waals surface area contributed by atoms with Crippen molar-refractivity contribution in [3.63, 3.8) is 0 Å². The molecule has 0 N–H and O–H groups in total. The van der Waals surface area contributed by atoms with Crippen LogP contribution >= 0.6 is 15.9 Å². The summed E-state index contributed by atoms with van der Waals surface area (Å²) in [6.45, 7) is 5.17. The number of ether oxygens (including phenoxy) is 1. The number of carbonyl (C=O) groups is 1. The van der Waals surface area contributed by atoms with E-state index in [-0.39, 0.29) is 6.09 Å². The molecule has 3 rings (SSSR count). The van der Waals surface area contributed by atoms with Gasteiger partial charge in [-0.1, -0.05) is 30.3 Å². The Labute approximate surface area is 150 Å². The highest BCUT2D eigenvalue weighted by Crippen LogP contribution is 2.22. The number of piperazine rings is 1. The van der Waals surface area contributed by atoms with Crippen molar-refractivity contribution in [3.05, 3.63) is 58.2 Å². The molecular weight excluding hydrogens is 370 g/mol. The molecule has 1 aliphatic rings. The lowest BCUT2D eigenvalue weighted by Gasteiger charge is -2.35. The Hall–Kier alpha value is -2.08. The van der Waals surface area contributed by atoms with E-state index in [2.05, 4.69) is 31.9 Å². The summed E-state index contributed by atoms with van der Waals surface area (Å²) in [5.41, 5.74) is 2.13. The number of aryl methyl sites for hydroxylation is 1. The van der Waals surface area contributed by atoms with Crippen LogP contribution in [0.5, 0.6) is 0 Å². The maximum atomic E-state index is 12.2. The second kappa shape index (κ2) is 7.66. The average molecular weight is 390 g/mol. The molecule has 0 radical (unpaired) electrons. The van der Waals surface area contributed by atoms with Crippen LogP contribution in [0.2, 0.25) is 0 Å². The van der Waals surface area contributed by atoms with E-state index in [1.807, 2.05) is 43.5 Å². The highest BCUT2D eigenvalue weighted by atomic mass is 79.9. The lowest BCUT2D eigenvalue weighted by molar-refractivity contribution is 0.0941. The van der Waals surface area contributed by atoms with Crippen LogP contribution in [-0.2, 0) is 11.3 Å². The average Bonchev–Trinajstić information content (AvgIpc) is 2.61. The van der Waals surface area contributed by atoms with Gasteiger partial charge in [0, 0.05) is 36.8 Å². The predicted molar refractivity (Wildman–Crippen MR) is 97.1 cm³/mol. The monoisotopic (exact) mass is 389 g/mol. The molecule has 2 aromatic rings. The number of aromatic nitrogens is 1. The lowest BCUT2D eigenvalue weighted by atomic mass is 10.2. The van der Waals surface area contributed by atoms with Crippen LogP contribution in [0, 0.1) is 6.92 Å². The Kier molecular flexibility index (Phi) is 5.35. The van der Waals surface area contributed by atoms with Crippen molar-refractivity contribution in [2.75, 3.05) is 31.1 Å². The highest BCUT2D eigenvalue weighted by molar-refractivity contribution is 9.10. The summed E-state index contributed by atoms with van der Waals surface area (Å²) in [6.07, 6.45) is 1.56. The minimum Gasteiger partial charge on any atom is -0.445 e. The zero-order valence-electron chi connectivity index (χ0n) is 13.6. The first-order valence-electron chi connectivity index (χ1n) is 7.96. The normalized spacial score (nSPS) is 14.6. The maximum absolute atomic E-state index is 12.2. The predicted octanol–water partition coefficient (Wildman–Crippen LogP) is 3.61. The molecule has 6 heteroatoms. The standard InChI is InChI=1S/C18H20BrN3O2/c1-14-11-16(19)12-20-17(14)21-7-9-22(10-8-21)18(23)24-13-15-5-3-2-4-6-15/h2-6,11-12H,7-10,13H2,1H3. The van der Waals surface area contributed by atoms with Crippen molar-refractivity contribution < 1.29 is 9.53 Å². The molecule has 24 heavy (non-hydrogen) atoms. The Balaban J connectivity index is 1.52. The summed E-state index contributed by atoms with van der Waals surface area (Å²) < 4.78 is 6.37. The van der Waals surface area contributed by atoms with E-state index < -0.39 is 0 Å². The number of anilines is 1. The molecule has 1 aromatic heterocycles. The number of carbonyl (C=O) groups excluding carboxylic acids is 1. The van der Waals surface area contributed by atoms with Crippen molar-refractivity contribution in [1.82, 2.24) is 9.88 Å². The number of amides is 1. The molecule has 2 heterocycles. The number of benzene rings is 1. The molecule has 0 aliphatic carbocycles. The molecule has 0 saturated carbocycles. The van der Waals surface area contributed by atoms with Crippen LogP contribution in [0.4, 0.5) is 10.6 Å². The third-order valence-corrected chi connectivity index (χ3v) is 4.49. The van der Waals surface area contributed by atoms with Gasteiger partial charge in [0.25, 0.3) is 0 Å². The molecule has 1 amide bonds. The number of nitrogens with zero attached hydrogens (tertiary/aromatic N) is 3. The van der Waals surface area contributed by atoms with Gasteiger partial charge in [0.15, 0.2) is 0 Å². The summed E-state index contributed by atoms with van der Waals surface area (Å²) in [4.78, 5) is 20.6. The SMILES string of the molecule is Cc1cc(Br)cnc1N1CCN(C(=O)OCc2ccccc2)CC1. The first-order chi connectivity index (χ1) is 11.6. The van der Waals surface area contributed by atoms with Gasteiger partial charge in [-0.2, -0.15) is 0 Å². The number of hydrogen-bond acceptors (Lipinski definition) is 4. The molecule has 1 saturated heterocycles. The summed E-state index contributed by atoms with van der Waals surface area (Å²) in [7, 11) is 0. The van der Waals surface area contributed by atoms with Crippen LogP contribution in [0.15, 0.2) is 47.1 Å². The topological polar surface area (TPSA) is 45.7 Å². The third-order valence-electron chi connectivity index (χ3n) is 4.06.